The van der Waals surface area contributed by atoms with Gasteiger partial charge in [0.25, 0.3) is 0 Å². The van der Waals surface area contributed by atoms with Gasteiger partial charge < -0.3 is 29.1 Å². The van der Waals surface area contributed by atoms with Crippen molar-refractivity contribution in [1.29, 1.82) is 0 Å². The van der Waals surface area contributed by atoms with Gasteiger partial charge in [-0.15, -0.1) is 0 Å². The molecule has 176 valence electrons. The van der Waals surface area contributed by atoms with Crippen molar-refractivity contribution >= 4 is 32.6 Å². The van der Waals surface area contributed by atoms with Gasteiger partial charge in [-0.05, 0) is 43.5 Å². The minimum absolute atomic E-state index is 0.0434. The molecular formula is C22H30N2O7S. The van der Waals surface area contributed by atoms with Crippen molar-refractivity contribution in [1.82, 2.24) is 10.3 Å². The maximum Gasteiger partial charge on any atom is 0.339 e. The highest BCUT2D eigenvalue weighted by Crippen LogP contribution is 2.31. The van der Waals surface area contributed by atoms with Crippen LogP contribution in [0.25, 0.3) is 16.5 Å². The highest BCUT2D eigenvalue weighted by atomic mass is 32.2. The van der Waals surface area contributed by atoms with Crippen LogP contribution in [0.15, 0.2) is 24.8 Å². The number of esters is 1. The lowest BCUT2D eigenvalue weighted by Crippen LogP contribution is -2.28. The Morgan fingerprint density at radius 3 is 2.78 bits per heavy atom. The average molecular weight is 467 g/mol. The Morgan fingerprint density at radius 2 is 2.16 bits per heavy atom. The van der Waals surface area contributed by atoms with Gasteiger partial charge in [-0.25, -0.2) is 4.79 Å². The number of aromatic nitrogens is 1. The van der Waals surface area contributed by atoms with E-state index in [4.69, 9.17) is 13.7 Å². The maximum atomic E-state index is 12.1. The zero-order chi connectivity index (χ0) is 23.5. The van der Waals surface area contributed by atoms with Gasteiger partial charge in [0.05, 0.1) is 30.7 Å². The predicted molar refractivity (Wildman–Crippen MR) is 121 cm³/mol. The number of hydrogen-bond donors (Lipinski definition) is 3. The van der Waals surface area contributed by atoms with E-state index in [1.807, 2.05) is 6.92 Å². The van der Waals surface area contributed by atoms with Gasteiger partial charge in [-0.2, -0.15) is 8.42 Å². The quantitative estimate of drug-likeness (QED) is 0.210. The van der Waals surface area contributed by atoms with Gasteiger partial charge in [-0.1, -0.05) is 13.5 Å². The molecule has 0 saturated carbocycles. The van der Waals surface area contributed by atoms with Gasteiger partial charge in [0.15, 0.2) is 6.29 Å². The summed E-state index contributed by atoms with van der Waals surface area (Å²) < 4.78 is 38.2. The van der Waals surface area contributed by atoms with Crippen LogP contribution in [0, 0.1) is 5.92 Å². The first-order valence-electron chi connectivity index (χ1n) is 10.5. The third-order valence-electron chi connectivity index (χ3n) is 5.61. The van der Waals surface area contributed by atoms with Crippen LogP contribution in [0.5, 0.6) is 5.75 Å². The summed E-state index contributed by atoms with van der Waals surface area (Å²) >= 11 is 0. The molecule has 1 fully saturated rings. The molecular weight excluding hydrogens is 436 g/mol. The van der Waals surface area contributed by atoms with Gasteiger partial charge in [-0.3, -0.25) is 0 Å². The highest BCUT2D eigenvalue weighted by Gasteiger charge is 2.32. The summed E-state index contributed by atoms with van der Waals surface area (Å²) in [5.41, 5.74) is 2.18. The number of hydrogen-bond acceptors (Lipinski definition) is 8. The minimum atomic E-state index is -3.66. The molecule has 1 aromatic carbocycles. The molecule has 10 heteroatoms. The van der Waals surface area contributed by atoms with Crippen molar-refractivity contribution in [2.75, 3.05) is 26.5 Å². The molecule has 0 amide bonds. The van der Waals surface area contributed by atoms with E-state index in [2.05, 4.69) is 16.9 Å². The lowest BCUT2D eigenvalue weighted by molar-refractivity contribution is -0.133. The van der Waals surface area contributed by atoms with Crippen molar-refractivity contribution in [3.05, 3.63) is 36.0 Å². The van der Waals surface area contributed by atoms with Crippen molar-refractivity contribution in [3.8, 4) is 5.75 Å². The molecule has 32 heavy (non-hydrogen) atoms. The summed E-state index contributed by atoms with van der Waals surface area (Å²) in [6.45, 7) is 7.09. The molecule has 1 aliphatic rings. The minimum Gasteiger partial charge on any atom is -0.465 e. The second-order valence-electron chi connectivity index (χ2n) is 7.95. The van der Waals surface area contributed by atoms with Crippen LogP contribution in [0.1, 0.15) is 31.0 Å². The van der Waals surface area contributed by atoms with Crippen LogP contribution in [0.2, 0.25) is 0 Å². The van der Waals surface area contributed by atoms with Crippen LogP contribution < -0.4 is 9.50 Å². The van der Waals surface area contributed by atoms with Crippen LogP contribution in [0.4, 0.5) is 0 Å². The fourth-order valence-electron chi connectivity index (χ4n) is 4.00. The largest absolute Gasteiger partial charge is 0.465 e. The summed E-state index contributed by atoms with van der Waals surface area (Å²) in [7, 11) is -2.38. The lowest BCUT2D eigenvalue weighted by Gasteiger charge is -2.12. The molecule has 1 aromatic heterocycles. The second-order valence-corrected chi connectivity index (χ2v) is 9.53. The topological polar surface area (TPSA) is 127 Å². The Bertz CT molecular complexity index is 1090. The van der Waals surface area contributed by atoms with E-state index >= 15 is 0 Å². The number of aliphatic hydroxyl groups is 1. The number of benzene rings is 1. The summed E-state index contributed by atoms with van der Waals surface area (Å²) in [5.74, 6) is -0.227. The summed E-state index contributed by atoms with van der Waals surface area (Å²) in [6, 6.07) is 4.88. The molecule has 2 heterocycles. The molecule has 2 unspecified atom stereocenters. The van der Waals surface area contributed by atoms with E-state index in [1.54, 1.807) is 18.2 Å². The Morgan fingerprint density at radius 1 is 1.41 bits per heavy atom. The Hall–Kier alpha value is -2.40. The summed E-state index contributed by atoms with van der Waals surface area (Å²) in [5, 5.41) is 14.1. The third kappa shape index (κ3) is 5.69. The van der Waals surface area contributed by atoms with Crippen LogP contribution in [0.3, 0.4) is 0 Å². The number of rotatable bonds is 10. The normalized spacial score (nSPS) is 21.1. The molecule has 1 aliphatic heterocycles. The maximum absolute atomic E-state index is 12.1. The Kier molecular flexibility index (Phi) is 7.60. The molecule has 0 radical (unpaired) electrons. The average Bonchev–Trinajstić information content (AvgIpc) is 3.28. The Balaban J connectivity index is 1.77. The predicted octanol–water partition coefficient (Wildman–Crippen LogP) is 1.96. The fourth-order valence-corrected chi connectivity index (χ4v) is 4.45. The van der Waals surface area contributed by atoms with E-state index in [-0.39, 0.29) is 23.3 Å². The first-order chi connectivity index (χ1) is 15.1. The van der Waals surface area contributed by atoms with Crippen LogP contribution in [-0.4, -0.2) is 63.3 Å². The SMILES string of the molecule is C=C(C(=O)OC)c1[nH]c2cc(OS(C)(=O)=O)ccc2c1CCNC[C@@H]1CC(CC)C(O)O1. The molecule has 1 saturated heterocycles. The third-order valence-corrected chi connectivity index (χ3v) is 6.10. The van der Waals surface area contributed by atoms with Gasteiger partial charge in [0, 0.05) is 29.4 Å². The number of H-pyrrole nitrogens is 1. The highest BCUT2D eigenvalue weighted by molar-refractivity contribution is 7.86. The van der Waals surface area contributed by atoms with Gasteiger partial charge in [0.2, 0.25) is 0 Å². The Labute approximate surface area is 187 Å². The zero-order valence-corrected chi connectivity index (χ0v) is 19.3. The molecule has 9 nitrogen and oxygen atoms in total. The number of aromatic amines is 1. The number of aliphatic hydroxyl groups excluding tert-OH is 1. The van der Waals surface area contributed by atoms with Gasteiger partial charge in [0.1, 0.15) is 5.75 Å². The number of fused-ring (bicyclic) bond motifs is 1. The van der Waals surface area contributed by atoms with E-state index in [0.29, 0.717) is 30.7 Å². The molecule has 0 aliphatic carbocycles. The number of carbonyl (C=O) groups is 1. The fraction of sp³-hybridized carbons (Fsp3) is 0.500. The van der Waals surface area contributed by atoms with Crippen molar-refractivity contribution in [3.63, 3.8) is 0 Å². The first kappa shape index (κ1) is 24.2. The zero-order valence-electron chi connectivity index (χ0n) is 18.5. The molecule has 0 bridgehead atoms. The number of carbonyl (C=O) groups excluding carboxylic acids is 1. The number of ether oxygens (including phenoxy) is 2. The summed E-state index contributed by atoms with van der Waals surface area (Å²) in [6.07, 6.45) is 2.48. The van der Waals surface area contributed by atoms with Crippen LogP contribution >= 0.6 is 0 Å². The molecule has 3 N–H and O–H groups in total. The first-order valence-corrected chi connectivity index (χ1v) is 12.3. The van der Waals surface area contributed by atoms with Crippen molar-refractivity contribution in [2.24, 2.45) is 5.92 Å². The van der Waals surface area contributed by atoms with E-state index in [9.17, 15) is 18.3 Å². The second kappa shape index (κ2) is 10.0. The number of nitrogens with one attached hydrogen (secondary N) is 2. The van der Waals surface area contributed by atoms with E-state index in [0.717, 1.165) is 30.0 Å². The molecule has 2 aromatic rings. The molecule has 0 spiro atoms. The van der Waals surface area contributed by atoms with Crippen molar-refractivity contribution < 1.29 is 32.0 Å². The van der Waals surface area contributed by atoms with Crippen molar-refractivity contribution in [2.45, 2.75) is 38.6 Å². The van der Waals surface area contributed by atoms with E-state index < -0.39 is 22.4 Å². The molecule has 3 rings (SSSR count). The molecule has 3 atom stereocenters. The van der Waals surface area contributed by atoms with E-state index in [1.165, 1.54) is 7.11 Å². The standard InChI is InChI=1S/C22H30N2O7S/c1-5-14-10-16(30-22(14)26)12-23-9-8-18-17-7-6-15(31-32(4,27)28)11-19(17)24-20(18)13(2)21(25)29-3/h6-7,11,14,16,22-24,26H,2,5,8-10,12H2,1,3-4H3/t14?,16-,22?/m0/s1. The lowest BCUT2D eigenvalue weighted by atomic mass is 10.0. The van der Waals surface area contributed by atoms with Crippen LogP contribution in [-0.2, 0) is 30.8 Å². The number of methoxy groups -OCH3 is 1. The smallest absolute Gasteiger partial charge is 0.339 e. The monoisotopic (exact) mass is 466 g/mol. The summed E-state index contributed by atoms with van der Waals surface area (Å²) in [4.78, 5) is 15.2. The van der Waals surface area contributed by atoms with Gasteiger partial charge >= 0.3 is 16.1 Å².